The van der Waals surface area contributed by atoms with Crippen molar-refractivity contribution in [3.05, 3.63) is 80.8 Å². The Morgan fingerprint density at radius 1 is 1.24 bits per heavy atom. The van der Waals surface area contributed by atoms with Crippen LogP contribution in [0.5, 0.6) is 0 Å². The molecule has 0 amide bonds. The molecule has 0 aliphatic heterocycles. The van der Waals surface area contributed by atoms with Crippen molar-refractivity contribution >= 4 is 27.5 Å². The smallest absolute Gasteiger partial charge is 0.306 e. The number of pyridine rings is 1. The maximum absolute atomic E-state index is 12.1. The van der Waals surface area contributed by atoms with E-state index in [-0.39, 0.29) is 30.5 Å². The van der Waals surface area contributed by atoms with Crippen LogP contribution in [0.2, 0.25) is 0 Å². The number of halogens is 1. The van der Waals surface area contributed by atoms with Crippen molar-refractivity contribution in [2.24, 2.45) is 0 Å². The van der Waals surface area contributed by atoms with E-state index >= 15 is 0 Å². The van der Waals surface area contributed by atoms with Crippen molar-refractivity contribution < 1.29 is 9.53 Å². The standard InChI is InChI=1S/C19H17BrN2O3/c1-13(14-5-3-2-4-6-14)9-19(24)25-12-16-10-18(23)22-11-15(20)7-8-17(22)21-16/h2-8,10-11,13H,9,12H2,1H3/t13-/m1/s1. The third-order valence-electron chi connectivity index (χ3n) is 3.90. The van der Waals surface area contributed by atoms with Crippen LogP contribution in [0, 0.1) is 0 Å². The van der Waals surface area contributed by atoms with Gasteiger partial charge in [-0.15, -0.1) is 0 Å². The fraction of sp³-hybridized carbons (Fsp3) is 0.211. The van der Waals surface area contributed by atoms with Crippen molar-refractivity contribution in [1.82, 2.24) is 9.38 Å². The second kappa shape index (κ2) is 7.61. The molecule has 5 nitrogen and oxygen atoms in total. The van der Waals surface area contributed by atoms with Crippen molar-refractivity contribution in [3.63, 3.8) is 0 Å². The van der Waals surface area contributed by atoms with Gasteiger partial charge in [0, 0.05) is 16.7 Å². The van der Waals surface area contributed by atoms with Crippen LogP contribution < -0.4 is 5.56 Å². The van der Waals surface area contributed by atoms with Gasteiger partial charge in [0.25, 0.3) is 5.56 Å². The second-order valence-electron chi connectivity index (χ2n) is 5.84. The Balaban J connectivity index is 1.65. The van der Waals surface area contributed by atoms with Crippen molar-refractivity contribution in [1.29, 1.82) is 0 Å². The summed E-state index contributed by atoms with van der Waals surface area (Å²) in [4.78, 5) is 28.5. The SMILES string of the molecule is C[C@H](CC(=O)OCc1cc(=O)n2cc(Br)ccc2n1)c1ccccc1. The van der Waals surface area contributed by atoms with Crippen molar-refractivity contribution in [2.75, 3.05) is 0 Å². The van der Waals surface area contributed by atoms with E-state index in [4.69, 9.17) is 4.74 Å². The van der Waals surface area contributed by atoms with Crippen LogP contribution >= 0.6 is 15.9 Å². The van der Waals surface area contributed by atoms with E-state index in [0.29, 0.717) is 11.3 Å². The summed E-state index contributed by atoms with van der Waals surface area (Å²) < 4.78 is 7.52. The van der Waals surface area contributed by atoms with Crippen molar-refractivity contribution in [2.45, 2.75) is 25.9 Å². The van der Waals surface area contributed by atoms with E-state index in [0.717, 1.165) is 10.0 Å². The Morgan fingerprint density at radius 2 is 2.00 bits per heavy atom. The first-order chi connectivity index (χ1) is 12.0. The number of nitrogens with zero attached hydrogens (tertiary/aromatic N) is 2. The molecule has 0 aliphatic rings. The van der Waals surface area contributed by atoms with Crippen LogP contribution in [0.25, 0.3) is 5.65 Å². The molecule has 2 aromatic heterocycles. The minimum Gasteiger partial charge on any atom is -0.459 e. The zero-order chi connectivity index (χ0) is 17.8. The lowest BCUT2D eigenvalue weighted by atomic mass is 9.98. The molecule has 0 saturated heterocycles. The number of aromatic nitrogens is 2. The van der Waals surface area contributed by atoms with Gasteiger partial charge >= 0.3 is 5.97 Å². The largest absolute Gasteiger partial charge is 0.459 e. The van der Waals surface area contributed by atoms with E-state index < -0.39 is 0 Å². The molecule has 1 atom stereocenters. The Bertz CT molecular complexity index is 954. The van der Waals surface area contributed by atoms with Crippen LogP contribution in [0.1, 0.15) is 30.5 Å². The Labute approximate surface area is 153 Å². The lowest BCUT2D eigenvalue weighted by Crippen LogP contribution is -2.17. The summed E-state index contributed by atoms with van der Waals surface area (Å²) in [7, 11) is 0. The van der Waals surface area contributed by atoms with Gasteiger partial charge in [0.15, 0.2) is 0 Å². The first-order valence-corrected chi connectivity index (χ1v) is 8.70. The molecule has 0 N–H and O–H groups in total. The molecular weight excluding hydrogens is 384 g/mol. The van der Waals surface area contributed by atoms with E-state index in [1.807, 2.05) is 37.3 Å². The van der Waals surface area contributed by atoms with Crippen molar-refractivity contribution in [3.8, 4) is 0 Å². The van der Waals surface area contributed by atoms with Gasteiger partial charge in [-0.05, 0) is 39.5 Å². The fourth-order valence-corrected chi connectivity index (χ4v) is 2.90. The lowest BCUT2D eigenvalue weighted by molar-refractivity contribution is -0.145. The van der Waals surface area contributed by atoms with Gasteiger partial charge in [0.05, 0.1) is 12.1 Å². The van der Waals surface area contributed by atoms with Gasteiger partial charge in [-0.1, -0.05) is 37.3 Å². The molecule has 25 heavy (non-hydrogen) atoms. The number of rotatable bonds is 5. The fourth-order valence-electron chi connectivity index (χ4n) is 2.56. The highest BCUT2D eigenvalue weighted by Gasteiger charge is 2.13. The summed E-state index contributed by atoms with van der Waals surface area (Å²) in [6.07, 6.45) is 1.94. The molecule has 128 valence electrons. The molecule has 3 rings (SSSR count). The maximum Gasteiger partial charge on any atom is 0.306 e. The molecule has 1 aromatic carbocycles. The second-order valence-corrected chi connectivity index (χ2v) is 6.75. The van der Waals surface area contributed by atoms with Gasteiger partial charge in [0.2, 0.25) is 0 Å². The highest BCUT2D eigenvalue weighted by Crippen LogP contribution is 2.19. The van der Waals surface area contributed by atoms with E-state index in [2.05, 4.69) is 20.9 Å². The lowest BCUT2D eigenvalue weighted by Gasteiger charge is -2.11. The number of carbonyl (C=O) groups excluding carboxylic acids is 1. The number of fused-ring (bicyclic) bond motifs is 1. The normalized spacial score (nSPS) is 12.1. The third-order valence-corrected chi connectivity index (χ3v) is 4.37. The highest BCUT2D eigenvalue weighted by molar-refractivity contribution is 9.10. The van der Waals surface area contributed by atoms with Gasteiger partial charge in [-0.25, -0.2) is 4.98 Å². The number of hydrogen-bond acceptors (Lipinski definition) is 4. The summed E-state index contributed by atoms with van der Waals surface area (Å²) in [5, 5.41) is 0. The average molecular weight is 401 g/mol. The number of hydrogen-bond donors (Lipinski definition) is 0. The topological polar surface area (TPSA) is 60.7 Å². The molecule has 3 aromatic rings. The molecule has 0 aliphatic carbocycles. The molecular formula is C19H17BrN2O3. The van der Waals surface area contributed by atoms with Gasteiger partial charge in [-0.3, -0.25) is 14.0 Å². The number of benzene rings is 1. The van der Waals surface area contributed by atoms with Crippen LogP contribution in [0.3, 0.4) is 0 Å². The van der Waals surface area contributed by atoms with E-state index in [1.165, 1.54) is 10.5 Å². The summed E-state index contributed by atoms with van der Waals surface area (Å²) >= 11 is 3.32. The Hall–Kier alpha value is -2.47. The number of ether oxygens (including phenoxy) is 1. The maximum atomic E-state index is 12.1. The minimum atomic E-state index is -0.311. The summed E-state index contributed by atoms with van der Waals surface area (Å²) in [6.45, 7) is 1.97. The Kier molecular flexibility index (Phi) is 5.28. The third kappa shape index (κ3) is 4.33. The number of carbonyl (C=O) groups is 1. The average Bonchev–Trinajstić information content (AvgIpc) is 2.61. The quantitative estimate of drug-likeness (QED) is 0.612. The summed E-state index contributed by atoms with van der Waals surface area (Å²) in [5.74, 6) is -0.240. The number of esters is 1. The van der Waals surface area contributed by atoms with Crippen LogP contribution in [-0.2, 0) is 16.1 Å². The molecule has 0 radical (unpaired) electrons. The molecule has 0 fully saturated rings. The highest BCUT2D eigenvalue weighted by atomic mass is 79.9. The zero-order valence-electron chi connectivity index (χ0n) is 13.7. The molecule has 0 spiro atoms. The monoisotopic (exact) mass is 400 g/mol. The summed E-state index contributed by atoms with van der Waals surface area (Å²) in [6, 6.07) is 14.7. The molecule has 0 saturated carbocycles. The minimum absolute atomic E-state index is 0.0118. The van der Waals surface area contributed by atoms with Crippen LogP contribution in [-0.4, -0.2) is 15.4 Å². The summed E-state index contributed by atoms with van der Waals surface area (Å²) in [5.41, 5.74) is 1.83. The Morgan fingerprint density at radius 3 is 2.76 bits per heavy atom. The first-order valence-electron chi connectivity index (χ1n) is 7.91. The van der Waals surface area contributed by atoms with Gasteiger partial charge in [0.1, 0.15) is 12.3 Å². The zero-order valence-corrected chi connectivity index (χ0v) is 15.3. The molecule has 0 unspecified atom stereocenters. The predicted octanol–water partition coefficient (Wildman–Crippen LogP) is 3.69. The van der Waals surface area contributed by atoms with Crippen LogP contribution in [0.15, 0.2) is 64.0 Å². The molecule has 0 bridgehead atoms. The molecule has 6 heteroatoms. The van der Waals surface area contributed by atoms with Gasteiger partial charge < -0.3 is 4.74 Å². The van der Waals surface area contributed by atoms with E-state index in [1.54, 1.807) is 18.3 Å². The molecule has 2 heterocycles. The first kappa shape index (κ1) is 17.4. The van der Waals surface area contributed by atoms with Crippen LogP contribution in [0.4, 0.5) is 0 Å². The predicted molar refractivity (Wildman–Crippen MR) is 98.4 cm³/mol. The van der Waals surface area contributed by atoms with Gasteiger partial charge in [-0.2, -0.15) is 0 Å². The van der Waals surface area contributed by atoms with E-state index in [9.17, 15) is 9.59 Å².